The zero-order valence-electron chi connectivity index (χ0n) is 13.7. The van der Waals surface area contributed by atoms with E-state index in [0.29, 0.717) is 31.2 Å². The summed E-state index contributed by atoms with van der Waals surface area (Å²) in [5.74, 6) is 0.251. The number of guanidine groups is 1. The minimum Gasteiger partial charge on any atom is -0.356 e. The molecule has 0 saturated heterocycles. The highest BCUT2D eigenvalue weighted by Gasteiger charge is 2.27. The van der Waals surface area contributed by atoms with Crippen LogP contribution in [0.15, 0.2) is 29.3 Å². The van der Waals surface area contributed by atoms with Crippen LogP contribution in [0.2, 0.25) is 0 Å². The Morgan fingerprint density at radius 1 is 1.23 bits per heavy atom. The van der Waals surface area contributed by atoms with Gasteiger partial charge in [-0.25, -0.2) is 4.39 Å². The van der Waals surface area contributed by atoms with E-state index in [0.717, 1.165) is 0 Å². The van der Waals surface area contributed by atoms with Crippen molar-refractivity contribution in [3.8, 4) is 0 Å². The zero-order valence-corrected chi connectivity index (χ0v) is 13.7. The maximum absolute atomic E-state index is 13.6. The van der Waals surface area contributed by atoms with E-state index in [1.807, 2.05) is 20.8 Å². The van der Waals surface area contributed by atoms with Gasteiger partial charge in [-0.1, -0.05) is 18.2 Å². The van der Waals surface area contributed by atoms with E-state index in [1.54, 1.807) is 25.2 Å². The molecule has 0 saturated carbocycles. The smallest absolute Gasteiger partial charge is 0.227 e. The molecule has 0 bridgehead atoms. The van der Waals surface area contributed by atoms with Gasteiger partial charge in [0.1, 0.15) is 5.82 Å². The predicted octanol–water partition coefficient (Wildman–Crippen LogP) is 1.65. The number of hydrogen-bond acceptors (Lipinski definition) is 2. The number of hydrogen-bond donors (Lipinski definition) is 3. The highest BCUT2D eigenvalue weighted by molar-refractivity contribution is 5.84. The summed E-state index contributed by atoms with van der Waals surface area (Å²) < 4.78 is 13.6. The Morgan fingerprint density at radius 2 is 1.91 bits per heavy atom. The Hall–Kier alpha value is -2.11. The summed E-state index contributed by atoms with van der Waals surface area (Å²) >= 11 is 0. The first-order valence-electron chi connectivity index (χ1n) is 7.37. The summed E-state index contributed by atoms with van der Waals surface area (Å²) in [7, 11) is 1.63. The number of rotatable bonds is 6. The van der Waals surface area contributed by atoms with Gasteiger partial charge in [0.15, 0.2) is 5.96 Å². The predicted molar refractivity (Wildman–Crippen MR) is 87.1 cm³/mol. The van der Waals surface area contributed by atoms with Crippen LogP contribution in [0.3, 0.4) is 0 Å². The van der Waals surface area contributed by atoms with Gasteiger partial charge in [0, 0.05) is 32.2 Å². The first kappa shape index (κ1) is 17.9. The van der Waals surface area contributed by atoms with E-state index < -0.39 is 5.41 Å². The van der Waals surface area contributed by atoms with Crippen LogP contribution in [-0.4, -0.2) is 32.0 Å². The second-order valence-corrected chi connectivity index (χ2v) is 5.61. The Morgan fingerprint density at radius 3 is 2.50 bits per heavy atom. The van der Waals surface area contributed by atoms with Crippen LogP contribution >= 0.6 is 0 Å². The van der Waals surface area contributed by atoms with Crippen LogP contribution in [0.25, 0.3) is 0 Å². The molecule has 1 aromatic rings. The van der Waals surface area contributed by atoms with Gasteiger partial charge in [0.25, 0.3) is 0 Å². The molecule has 22 heavy (non-hydrogen) atoms. The summed E-state index contributed by atoms with van der Waals surface area (Å²) in [6.07, 6.45) is 0. The zero-order chi connectivity index (χ0) is 16.6. The van der Waals surface area contributed by atoms with Gasteiger partial charge >= 0.3 is 0 Å². The quantitative estimate of drug-likeness (QED) is 0.553. The molecule has 1 aromatic carbocycles. The average Bonchev–Trinajstić information content (AvgIpc) is 2.49. The maximum atomic E-state index is 13.6. The van der Waals surface area contributed by atoms with Crippen molar-refractivity contribution in [1.82, 2.24) is 16.0 Å². The van der Waals surface area contributed by atoms with Crippen LogP contribution < -0.4 is 16.0 Å². The molecular formula is C16H25FN4O. The van der Waals surface area contributed by atoms with Gasteiger partial charge in [-0.05, 0) is 26.8 Å². The monoisotopic (exact) mass is 308 g/mol. The third-order valence-electron chi connectivity index (χ3n) is 3.28. The lowest BCUT2D eigenvalue weighted by atomic mass is 9.92. The minimum absolute atomic E-state index is 0.0212. The summed E-state index contributed by atoms with van der Waals surface area (Å²) in [6.45, 7) is 6.95. The number of nitrogens with one attached hydrogen (secondary N) is 3. The first-order chi connectivity index (χ1) is 10.4. The lowest BCUT2D eigenvalue weighted by Crippen LogP contribution is -2.47. The molecule has 6 heteroatoms. The molecule has 1 rings (SSSR count). The number of carbonyl (C=O) groups excluding carboxylic acids is 1. The van der Waals surface area contributed by atoms with Gasteiger partial charge < -0.3 is 16.0 Å². The molecule has 0 aliphatic heterocycles. The van der Waals surface area contributed by atoms with Gasteiger partial charge in [-0.15, -0.1) is 0 Å². The van der Waals surface area contributed by atoms with Gasteiger partial charge in [0.2, 0.25) is 5.91 Å². The fourth-order valence-corrected chi connectivity index (χ4v) is 1.83. The van der Waals surface area contributed by atoms with Crippen molar-refractivity contribution >= 4 is 11.9 Å². The van der Waals surface area contributed by atoms with Crippen LogP contribution in [0, 0.1) is 11.2 Å². The second kappa shape index (κ2) is 8.36. The molecule has 0 atom stereocenters. The third-order valence-corrected chi connectivity index (χ3v) is 3.28. The molecule has 0 unspecified atom stereocenters. The van der Waals surface area contributed by atoms with E-state index in [9.17, 15) is 9.18 Å². The molecule has 0 spiro atoms. The van der Waals surface area contributed by atoms with Crippen molar-refractivity contribution in [2.24, 2.45) is 10.4 Å². The van der Waals surface area contributed by atoms with Crippen molar-refractivity contribution in [3.05, 3.63) is 35.6 Å². The van der Waals surface area contributed by atoms with Crippen molar-refractivity contribution in [2.75, 3.05) is 20.1 Å². The fourth-order valence-electron chi connectivity index (χ4n) is 1.83. The van der Waals surface area contributed by atoms with Gasteiger partial charge in [-0.2, -0.15) is 0 Å². The summed E-state index contributed by atoms with van der Waals surface area (Å²) in [5, 5.41) is 8.94. The Labute approximate surface area is 131 Å². The van der Waals surface area contributed by atoms with Crippen molar-refractivity contribution in [2.45, 2.75) is 27.3 Å². The number of carbonyl (C=O) groups is 1. The molecule has 3 N–H and O–H groups in total. The summed E-state index contributed by atoms with van der Waals surface area (Å²) in [6, 6.07) is 6.58. The number of halogens is 1. The summed E-state index contributed by atoms with van der Waals surface area (Å²) in [4.78, 5) is 16.0. The van der Waals surface area contributed by atoms with E-state index in [1.165, 1.54) is 6.07 Å². The number of aliphatic imine (C=N–C) groups is 1. The van der Waals surface area contributed by atoms with Crippen molar-refractivity contribution in [3.63, 3.8) is 0 Å². The largest absolute Gasteiger partial charge is 0.356 e. The van der Waals surface area contributed by atoms with Crippen LogP contribution in [0.4, 0.5) is 4.39 Å². The summed E-state index contributed by atoms with van der Waals surface area (Å²) in [5.41, 5.74) is -0.000495. The highest BCUT2D eigenvalue weighted by atomic mass is 19.1. The standard InChI is InChI=1S/C16H25FN4O/c1-5-19-14(22)16(2,3)11-21-15(18-4)20-10-12-8-6-7-9-13(12)17/h6-9H,5,10-11H2,1-4H3,(H,19,22)(H2,18,20,21). The topological polar surface area (TPSA) is 65.5 Å². The van der Waals surface area contributed by atoms with E-state index in [4.69, 9.17) is 0 Å². The average molecular weight is 308 g/mol. The van der Waals surface area contributed by atoms with Crippen LogP contribution in [0.1, 0.15) is 26.3 Å². The van der Waals surface area contributed by atoms with Gasteiger partial charge in [0.05, 0.1) is 5.41 Å². The molecule has 0 aliphatic rings. The Balaban J connectivity index is 2.53. The van der Waals surface area contributed by atoms with Gasteiger partial charge in [-0.3, -0.25) is 9.79 Å². The van der Waals surface area contributed by atoms with E-state index in [2.05, 4.69) is 20.9 Å². The molecule has 1 amide bonds. The Bertz CT molecular complexity index is 529. The third kappa shape index (κ3) is 5.35. The molecule has 0 aliphatic carbocycles. The van der Waals surface area contributed by atoms with E-state index >= 15 is 0 Å². The number of nitrogens with zero attached hydrogens (tertiary/aromatic N) is 1. The Kier molecular flexibility index (Phi) is 6.82. The van der Waals surface area contributed by atoms with Crippen LogP contribution in [0.5, 0.6) is 0 Å². The van der Waals surface area contributed by atoms with E-state index in [-0.39, 0.29) is 11.7 Å². The normalized spacial score (nSPS) is 12.0. The molecule has 0 radical (unpaired) electrons. The second-order valence-electron chi connectivity index (χ2n) is 5.61. The molecular weight excluding hydrogens is 283 g/mol. The highest BCUT2D eigenvalue weighted by Crippen LogP contribution is 2.13. The van der Waals surface area contributed by atoms with Crippen LogP contribution in [-0.2, 0) is 11.3 Å². The molecule has 0 fully saturated rings. The van der Waals surface area contributed by atoms with Crippen molar-refractivity contribution in [1.29, 1.82) is 0 Å². The number of benzene rings is 1. The fraction of sp³-hybridized carbons (Fsp3) is 0.500. The SMILES string of the molecule is CCNC(=O)C(C)(C)CNC(=NC)NCc1ccccc1F. The maximum Gasteiger partial charge on any atom is 0.227 e. The minimum atomic E-state index is -0.564. The molecule has 5 nitrogen and oxygen atoms in total. The first-order valence-corrected chi connectivity index (χ1v) is 7.37. The van der Waals surface area contributed by atoms with Crippen molar-refractivity contribution < 1.29 is 9.18 Å². The molecule has 122 valence electrons. The lowest BCUT2D eigenvalue weighted by Gasteiger charge is -2.24. The number of amides is 1. The molecule has 0 aromatic heterocycles. The molecule has 0 heterocycles. The lowest BCUT2D eigenvalue weighted by molar-refractivity contribution is -0.128.